The summed E-state index contributed by atoms with van der Waals surface area (Å²) in [5.74, 6) is -0.359. The van der Waals surface area contributed by atoms with Crippen molar-refractivity contribution in [2.24, 2.45) is 0 Å². The molecule has 1 aliphatic heterocycles. The molecule has 3 rings (SSSR count). The molecule has 8 heteroatoms. The summed E-state index contributed by atoms with van der Waals surface area (Å²) < 4.78 is 0. The molecular weight excluding hydrogens is 284 g/mol. The summed E-state index contributed by atoms with van der Waals surface area (Å²) in [6, 6.07) is 6.84. The molecular formula is C14H14N6O2. The predicted octanol–water partition coefficient (Wildman–Crippen LogP) is 0.841. The lowest BCUT2D eigenvalue weighted by Gasteiger charge is -2.14. The molecule has 1 aromatic carbocycles. The quantitative estimate of drug-likeness (QED) is 0.777. The van der Waals surface area contributed by atoms with Gasteiger partial charge in [-0.05, 0) is 24.3 Å². The van der Waals surface area contributed by atoms with Crippen molar-refractivity contribution in [1.82, 2.24) is 15.3 Å². The topological polar surface area (TPSA) is 113 Å². The zero-order valence-electron chi connectivity index (χ0n) is 11.6. The Morgan fingerprint density at radius 1 is 1.23 bits per heavy atom. The van der Waals surface area contributed by atoms with E-state index >= 15 is 0 Å². The van der Waals surface area contributed by atoms with Gasteiger partial charge in [-0.2, -0.15) is 0 Å². The highest BCUT2D eigenvalue weighted by Gasteiger charge is 2.21. The summed E-state index contributed by atoms with van der Waals surface area (Å²) in [5, 5.41) is 5.42. The summed E-state index contributed by atoms with van der Waals surface area (Å²) >= 11 is 0. The Bertz CT molecular complexity index is 716. The number of rotatable bonds is 3. The first-order valence-corrected chi connectivity index (χ1v) is 6.68. The molecule has 0 atom stereocenters. The first-order valence-electron chi connectivity index (χ1n) is 6.68. The van der Waals surface area contributed by atoms with Crippen LogP contribution in [0.2, 0.25) is 0 Å². The average Bonchev–Trinajstić information content (AvgIpc) is 2.94. The van der Waals surface area contributed by atoms with Gasteiger partial charge in [0.15, 0.2) is 11.5 Å². The van der Waals surface area contributed by atoms with Gasteiger partial charge in [0.1, 0.15) is 0 Å². The molecule has 0 saturated carbocycles. The van der Waals surface area contributed by atoms with Gasteiger partial charge in [0, 0.05) is 36.9 Å². The van der Waals surface area contributed by atoms with Crippen LogP contribution >= 0.6 is 0 Å². The highest BCUT2D eigenvalue weighted by Crippen LogP contribution is 2.20. The highest BCUT2D eigenvalue weighted by atomic mass is 16.2. The van der Waals surface area contributed by atoms with Crippen molar-refractivity contribution in [3.05, 3.63) is 42.4 Å². The molecule has 1 fully saturated rings. The number of amides is 3. The van der Waals surface area contributed by atoms with Crippen LogP contribution in [0.4, 0.5) is 22.0 Å². The fraction of sp³-hybridized carbons (Fsp3) is 0.143. The molecule has 2 aromatic rings. The molecule has 112 valence electrons. The van der Waals surface area contributed by atoms with Gasteiger partial charge in [0.25, 0.3) is 5.91 Å². The maximum atomic E-state index is 12.1. The summed E-state index contributed by atoms with van der Waals surface area (Å²) in [7, 11) is 0. The second kappa shape index (κ2) is 5.68. The second-order valence-electron chi connectivity index (χ2n) is 4.67. The minimum Gasteiger partial charge on any atom is -0.382 e. The van der Waals surface area contributed by atoms with Crippen molar-refractivity contribution in [3.63, 3.8) is 0 Å². The number of hydrogen-bond acceptors (Lipinski definition) is 5. The van der Waals surface area contributed by atoms with Crippen molar-refractivity contribution in [2.75, 3.05) is 29.0 Å². The lowest BCUT2D eigenvalue weighted by Crippen LogP contribution is -2.27. The zero-order valence-corrected chi connectivity index (χ0v) is 11.6. The van der Waals surface area contributed by atoms with Crippen LogP contribution in [0.25, 0.3) is 0 Å². The van der Waals surface area contributed by atoms with Gasteiger partial charge in [-0.3, -0.25) is 9.69 Å². The fourth-order valence-electron chi connectivity index (χ4n) is 2.16. The molecule has 0 aliphatic carbocycles. The monoisotopic (exact) mass is 298 g/mol. The molecule has 0 bridgehead atoms. The maximum absolute atomic E-state index is 12.1. The second-order valence-corrected chi connectivity index (χ2v) is 4.67. The third-order valence-corrected chi connectivity index (χ3v) is 3.24. The molecule has 8 nitrogen and oxygen atoms in total. The van der Waals surface area contributed by atoms with Gasteiger partial charge in [-0.1, -0.05) is 0 Å². The molecule has 4 N–H and O–H groups in total. The first-order chi connectivity index (χ1) is 10.6. The van der Waals surface area contributed by atoms with Crippen LogP contribution in [0.15, 0.2) is 36.7 Å². The molecule has 0 spiro atoms. The Labute approximate surface area is 126 Å². The molecule has 0 radical (unpaired) electrons. The lowest BCUT2D eigenvalue weighted by molar-refractivity contribution is 0.102. The number of hydrogen-bond donors (Lipinski definition) is 3. The summed E-state index contributed by atoms with van der Waals surface area (Å²) in [6.45, 7) is 1.25. The molecule has 2 heterocycles. The number of carbonyl (C=O) groups excluding carboxylic acids is 2. The maximum Gasteiger partial charge on any atom is 0.321 e. The van der Waals surface area contributed by atoms with Crippen LogP contribution in [0.1, 0.15) is 10.5 Å². The number of aromatic nitrogens is 2. The standard InChI is InChI=1S/C14H14N6O2/c15-12-11(16-5-6-17-12)13(21)19-9-1-3-10(4-2-9)20-8-7-18-14(20)22/h1-6H,7-8H2,(H2,15,17)(H,18,22)(H,19,21). The third kappa shape index (κ3) is 2.66. The van der Waals surface area contributed by atoms with Crippen molar-refractivity contribution in [2.45, 2.75) is 0 Å². The van der Waals surface area contributed by atoms with Gasteiger partial charge in [0.05, 0.1) is 0 Å². The number of anilines is 3. The molecule has 1 aromatic heterocycles. The van der Waals surface area contributed by atoms with Crippen LogP contribution in [0.5, 0.6) is 0 Å². The van der Waals surface area contributed by atoms with E-state index in [0.29, 0.717) is 18.8 Å². The van der Waals surface area contributed by atoms with Crippen molar-refractivity contribution in [3.8, 4) is 0 Å². The van der Waals surface area contributed by atoms with E-state index in [2.05, 4.69) is 20.6 Å². The largest absolute Gasteiger partial charge is 0.382 e. The number of benzene rings is 1. The van der Waals surface area contributed by atoms with E-state index in [1.54, 1.807) is 29.2 Å². The van der Waals surface area contributed by atoms with Gasteiger partial charge in [-0.25, -0.2) is 14.8 Å². The van der Waals surface area contributed by atoms with Crippen LogP contribution in [-0.4, -0.2) is 35.0 Å². The molecule has 22 heavy (non-hydrogen) atoms. The Balaban J connectivity index is 1.72. The number of nitrogen functional groups attached to an aromatic ring is 1. The lowest BCUT2D eigenvalue weighted by atomic mass is 10.2. The van der Waals surface area contributed by atoms with Crippen molar-refractivity contribution < 1.29 is 9.59 Å². The van der Waals surface area contributed by atoms with Crippen LogP contribution in [-0.2, 0) is 0 Å². The fourth-order valence-corrected chi connectivity index (χ4v) is 2.16. The normalized spacial score (nSPS) is 13.8. The molecule has 1 saturated heterocycles. The van der Waals surface area contributed by atoms with Crippen LogP contribution in [0.3, 0.4) is 0 Å². The molecule has 3 amide bonds. The van der Waals surface area contributed by atoms with E-state index in [0.717, 1.165) is 5.69 Å². The Kier molecular flexibility index (Phi) is 3.57. The Hall–Kier alpha value is -3.16. The third-order valence-electron chi connectivity index (χ3n) is 3.24. The van der Waals surface area contributed by atoms with E-state index < -0.39 is 5.91 Å². The van der Waals surface area contributed by atoms with Crippen LogP contribution < -0.4 is 21.3 Å². The Morgan fingerprint density at radius 3 is 2.59 bits per heavy atom. The average molecular weight is 298 g/mol. The number of nitrogens with one attached hydrogen (secondary N) is 2. The molecule has 1 aliphatic rings. The number of nitrogens with zero attached hydrogens (tertiary/aromatic N) is 3. The van der Waals surface area contributed by atoms with E-state index in [-0.39, 0.29) is 17.5 Å². The minimum atomic E-state index is -0.433. The summed E-state index contributed by atoms with van der Waals surface area (Å²) in [4.78, 5) is 33.0. The Morgan fingerprint density at radius 2 is 1.95 bits per heavy atom. The van der Waals surface area contributed by atoms with E-state index in [1.807, 2.05) is 0 Å². The number of carbonyl (C=O) groups is 2. The van der Waals surface area contributed by atoms with Gasteiger partial charge < -0.3 is 16.4 Å². The summed E-state index contributed by atoms with van der Waals surface area (Å²) in [6.07, 6.45) is 2.82. The van der Waals surface area contributed by atoms with Crippen molar-refractivity contribution >= 4 is 29.1 Å². The van der Waals surface area contributed by atoms with E-state index in [9.17, 15) is 9.59 Å². The van der Waals surface area contributed by atoms with E-state index in [4.69, 9.17) is 5.73 Å². The smallest absolute Gasteiger partial charge is 0.321 e. The van der Waals surface area contributed by atoms with Crippen LogP contribution in [0, 0.1) is 0 Å². The van der Waals surface area contributed by atoms with Gasteiger partial charge in [0.2, 0.25) is 0 Å². The van der Waals surface area contributed by atoms with Gasteiger partial charge in [-0.15, -0.1) is 0 Å². The first kappa shape index (κ1) is 13.8. The van der Waals surface area contributed by atoms with Crippen molar-refractivity contribution in [1.29, 1.82) is 0 Å². The minimum absolute atomic E-state index is 0.0744. The van der Waals surface area contributed by atoms with Gasteiger partial charge >= 0.3 is 6.03 Å². The van der Waals surface area contributed by atoms with E-state index in [1.165, 1.54) is 12.4 Å². The number of nitrogens with two attached hydrogens (primary N) is 1. The zero-order chi connectivity index (χ0) is 15.5. The number of urea groups is 1. The summed E-state index contributed by atoms with van der Waals surface area (Å²) in [5.41, 5.74) is 7.04. The SMILES string of the molecule is Nc1nccnc1C(=O)Nc1ccc(N2CCNC2=O)cc1. The molecule has 0 unspecified atom stereocenters. The highest BCUT2D eigenvalue weighted by molar-refractivity contribution is 6.05. The predicted molar refractivity (Wildman–Crippen MR) is 81.6 cm³/mol.